The lowest BCUT2D eigenvalue weighted by atomic mass is 10.0. The summed E-state index contributed by atoms with van der Waals surface area (Å²) in [5.74, 6) is 1.29. The van der Waals surface area contributed by atoms with Gasteiger partial charge in [-0.05, 0) is 47.0 Å². The maximum Gasteiger partial charge on any atom is 0.260 e. The molecule has 1 aromatic heterocycles. The van der Waals surface area contributed by atoms with E-state index in [4.69, 9.17) is 4.74 Å². The monoisotopic (exact) mass is 315 g/mol. The summed E-state index contributed by atoms with van der Waals surface area (Å²) in [6.45, 7) is 5.92. The van der Waals surface area contributed by atoms with Gasteiger partial charge >= 0.3 is 0 Å². The topological polar surface area (TPSA) is 29.5 Å². The number of carbonyl (C=O) groups is 1. The van der Waals surface area contributed by atoms with E-state index in [-0.39, 0.29) is 12.5 Å². The lowest BCUT2D eigenvalue weighted by Crippen LogP contribution is -2.38. The van der Waals surface area contributed by atoms with Crippen LogP contribution < -0.4 is 4.74 Å². The number of carbonyl (C=O) groups excluding carboxylic acids is 1. The van der Waals surface area contributed by atoms with Gasteiger partial charge < -0.3 is 9.64 Å². The van der Waals surface area contributed by atoms with E-state index in [0.29, 0.717) is 12.5 Å². The van der Waals surface area contributed by atoms with Gasteiger partial charge in [0.1, 0.15) is 5.75 Å². The SMILES string of the molecule is CC(C)c1cccc(OCC(=O)N2CCc3sccc3C2)c1. The third kappa shape index (κ3) is 3.33. The smallest absolute Gasteiger partial charge is 0.260 e. The number of hydrogen-bond donors (Lipinski definition) is 0. The molecule has 4 heteroatoms. The number of nitrogens with zero attached hydrogens (tertiary/aromatic N) is 1. The molecule has 22 heavy (non-hydrogen) atoms. The molecule has 0 bridgehead atoms. The molecule has 1 amide bonds. The predicted octanol–water partition coefficient (Wildman–Crippen LogP) is 3.84. The van der Waals surface area contributed by atoms with Gasteiger partial charge in [-0.15, -0.1) is 11.3 Å². The highest BCUT2D eigenvalue weighted by atomic mass is 32.1. The highest BCUT2D eigenvalue weighted by Gasteiger charge is 2.21. The average molecular weight is 315 g/mol. The van der Waals surface area contributed by atoms with Crippen molar-refractivity contribution in [3.05, 3.63) is 51.7 Å². The molecule has 0 fully saturated rings. The zero-order valence-electron chi connectivity index (χ0n) is 13.0. The van der Waals surface area contributed by atoms with Gasteiger partial charge in [0.15, 0.2) is 6.61 Å². The van der Waals surface area contributed by atoms with E-state index in [1.165, 1.54) is 16.0 Å². The Morgan fingerprint density at radius 2 is 2.23 bits per heavy atom. The Morgan fingerprint density at radius 3 is 3.05 bits per heavy atom. The summed E-state index contributed by atoms with van der Waals surface area (Å²) in [6, 6.07) is 10.1. The van der Waals surface area contributed by atoms with E-state index in [2.05, 4.69) is 31.4 Å². The van der Waals surface area contributed by atoms with Gasteiger partial charge in [0, 0.05) is 18.0 Å². The average Bonchev–Trinajstić information content (AvgIpc) is 3.00. The molecule has 2 heterocycles. The van der Waals surface area contributed by atoms with Gasteiger partial charge in [0.05, 0.1) is 0 Å². The molecule has 1 aromatic carbocycles. The van der Waals surface area contributed by atoms with E-state index in [1.807, 2.05) is 23.1 Å². The van der Waals surface area contributed by atoms with Crippen molar-refractivity contribution in [3.8, 4) is 5.75 Å². The summed E-state index contributed by atoms with van der Waals surface area (Å²) in [5, 5.41) is 2.10. The quantitative estimate of drug-likeness (QED) is 0.858. The Hall–Kier alpha value is -1.81. The summed E-state index contributed by atoms with van der Waals surface area (Å²) in [7, 11) is 0. The molecule has 1 aliphatic heterocycles. The molecule has 0 unspecified atom stereocenters. The van der Waals surface area contributed by atoms with E-state index >= 15 is 0 Å². The molecular formula is C18H21NO2S. The van der Waals surface area contributed by atoms with E-state index in [9.17, 15) is 4.79 Å². The van der Waals surface area contributed by atoms with E-state index in [1.54, 1.807) is 11.3 Å². The number of ether oxygens (including phenoxy) is 1. The fourth-order valence-electron chi connectivity index (χ4n) is 2.66. The Labute approximate surface area is 135 Å². The van der Waals surface area contributed by atoms with Crippen LogP contribution in [0.2, 0.25) is 0 Å². The van der Waals surface area contributed by atoms with Crippen LogP contribution in [0, 0.1) is 0 Å². The predicted molar refractivity (Wildman–Crippen MR) is 89.5 cm³/mol. The van der Waals surface area contributed by atoms with Crippen molar-refractivity contribution in [1.82, 2.24) is 4.90 Å². The molecule has 0 spiro atoms. The first-order valence-corrected chi connectivity index (χ1v) is 8.57. The Bertz CT molecular complexity index is 663. The fraction of sp³-hybridized carbons (Fsp3) is 0.389. The summed E-state index contributed by atoms with van der Waals surface area (Å²) in [5.41, 5.74) is 2.51. The molecule has 116 valence electrons. The molecule has 0 radical (unpaired) electrons. The molecule has 0 atom stereocenters. The van der Waals surface area contributed by atoms with Gasteiger partial charge in [-0.1, -0.05) is 26.0 Å². The molecule has 1 aliphatic rings. The van der Waals surface area contributed by atoms with Gasteiger partial charge in [-0.3, -0.25) is 4.79 Å². The summed E-state index contributed by atoms with van der Waals surface area (Å²) >= 11 is 1.78. The second kappa shape index (κ2) is 6.53. The molecule has 0 saturated heterocycles. The molecule has 3 rings (SSSR count). The van der Waals surface area contributed by atoms with Crippen molar-refractivity contribution in [2.24, 2.45) is 0 Å². The second-order valence-electron chi connectivity index (χ2n) is 5.95. The van der Waals surface area contributed by atoms with Crippen molar-refractivity contribution in [1.29, 1.82) is 0 Å². The third-order valence-corrected chi connectivity index (χ3v) is 5.07. The minimum atomic E-state index is 0.0619. The van der Waals surface area contributed by atoms with E-state index < -0.39 is 0 Å². The third-order valence-electron chi connectivity index (χ3n) is 4.05. The minimum absolute atomic E-state index is 0.0619. The lowest BCUT2D eigenvalue weighted by Gasteiger charge is -2.27. The first kappa shape index (κ1) is 15.1. The van der Waals surface area contributed by atoms with Crippen LogP contribution in [0.3, 0.4) is 0 Å². The van der Waals surface area contributed by atoms with Gasteiger partial charge in [0.25, 0.3) is 5.91 Å². The van der Waals surface area contributed by atoms with Gasteiger partial charge in [0.2, 0.25) is 0 Å². The first-order chi connectivity index (χ1) is 10.6. The van der Waals surface area contributed by atoms with Crippen LogP contribution in [0.4, 0.5) is 0 Å². The highest BCUT2D eigenvalue weighted by Crippen LogP contribution is 2.24. The Morgan fingerprint density at radius 1 is 1.36 bits per heavy atom. The maximum atomic E-state index is 12.3. The van der Waals surface area contributed by atoms with Crippen LogP contribution in [0.1, 0.15) is 35.8 Å². The summed E-state index contributed by atoms with van der Waals surface area (Å²) in [4.78, 5) is 15.6. The lowest BCUT2D eigenvalue weighted by molar-refractivity contribution is -0.134. The minimum Gasteiger partial charge on any atom is -0.484 e. The van der Waals surface area contributed by atoms with Crippen LogP contribution in [0.25, 0.3) is 0 Å². The van der Waals surface area contributed by atoms with Crippen molar-refractivity contribution >= 4 is 17.2 Å². The molecular weight excluding hydrogens is 294 g/mol. The second-order valence-corrected chi connectivity index (χ2v) is 6.95. The van der Waals surface area contributed by atoms with Gasteiger partial charge in [-0.2, -0.15) is 0 Å². The van der Waals surface area contributed by atoms with Gasteiger partial charge in [-0.25, -0.2) is 0 Å². The summed E-state index contributed by atoms with van der Waals surface area (Å²) < 4.78 is 5.69. The molecule has 3 nitrogen and oxygen atoms in total. The molecule has 0 aliphatic carbocycles. The molecule has 2 aromatic rings. The number of rotatable bonds is 4. The number of hydrogen-bond acceptors (Lipinski definition) is 3. The first-order valence-electron chi connectivity index (χ1n) is 7.69. The van der Waals surface area contributed by atoms with E-state index in [0.717, 1.165) is 18.7 Å². The van der Waals surface area contributed by atoms with Crippen LogP contribution in [0.5, 0.6) is 5.75 Å². The fourth-order valence-corrected chi connectivity index (χ4v) is 3.55. The highest BCUT2D eigenvalue weighted by molar-refractivity contribution is 7.10. The van der Waals surface area contributed by atoms with Crippen LogP contribution in [-0.4, -0.2) is 24.0 Å². The van der Waals surface area contributed by atoms with Crippen molar-refractivity contribution in [2.45, 2.75) is 32.7 Å². The number of benzene rings is 1. The van der Waals surface area contributed by atoms with Crippen LogP contribution in [0.15, 0.2) is 35.7 Å². The molecule has 0 saturated carbocycles. The summed E-state index contributed by atoms with van der Waals surface area (Å²) in [6.07, 6.45) is 0.960. The van der Waals surface area contributed by atoms with Crippen molar-refractivity contribution in [3.63, 3.8) is 0 Å². The van der Waals surface area contributed by atoms with Crippen LogP contribution >= 0.6 is 11.3 Å². The zero-order chi connectivity index (χ0) is 15.5. The standard InChI is InChI=1S/C18H21NO2S/c1-13(2)14-4-3-5-16(10-14)21-12-18(20)19-8-6-17-15(11-19)7-9-22-17/h3-5,7,9-10,13H,6,8,11-12H2,1-2H3. The Balaban J connectivity index is 1.58. The Kier molecular flexibility index (Phi) is 4.48. The normalized spacial score (nSPS) is 14.0. The number of fused-ring (bicyclic) bond motifs is 1. The van der Waals surface area contributed by atoms with Crippen molar-refractivity contribution in [2.75, 3.05) is 13.2 Å². The van der Waals surface area contributed by atoms with Crippen molar-refractivity contribution < 1.29 is 9.53 Å². The van der Waals surface area contributed by atoms with Crippen LogP contribution in [-0.2, 0) is 17.8 Å². The number of amides is 1. The largest absolute Gasteiger partial charge is 0.484 e. The zero-order valence-corrected chi connectivity index (χ0v) is 13.9. The maximum absolute atomic E-state index is 12.3. The number of thiophene rings is 1. The molecule has 0 N–H and O–H groups in total.